The molecular weight excluding hydrogens is 326 g/mol. The van der Waals surface area contributed by atoms with Crippen LogP contribution in [0.4, 0.5) is 10.6 Å². The zero-order chi connectivity index (χ0) is 16.7. The number of nitrogens with one attached hydrogen (secondary N) is 1. The van der Waals surface area contributed by atoms with Crippen molar-refractivity contribution in [3.8, 4) is 0 Å². The standard InChI is InChI=1S/C18H20ClN3O2/c19-13-2-3-15-12(9-13)1-4-16(21-15)22-7-5-18(6-8-22)10-14(11-18)20-17(23)24/h1-4,9,14,20H,5-8,10-11H2,(H,23,24). The summed E-state index contributed by atoms with van der Waals surface area (Å²) in [6, 6.07) is 10.0. The number of carbonyl (C=O) groups is 1. The summed E-state index contributed by atoms with van der Waals surface area (Å²) < 4.78 is 0. The fraction of sp³-hybridized carbons (Fsp3) is 0.444. The molecule has 0 unspecified atom stereocenters. The topological polar surface area (TPSA) is 65.5 Å². The van der Waals surface area contributed by atoms with Crippen LogP contribution in [0.1, 0.15) is 25.7 Å². The Labute approximate surface area is 145 Å². The second-order valence-corrected chi connectivity index (χ2v) is 7.48. The number of nitrogens with zero attached hydrogens (tertiary/aromatic N) is 2. The van der Waals surface area contributed by atoms with Crippen LogP contribution in [-0.2, 0) is 0 Å². The summed E-state index contributed by atoms with van der Waals surface area (Å²) in [7, 11) is 0. The molecule has 2 N–H and O–H groups in total. The van der Waals surface area contributed by atoms with E-state index in [1.54, 1.807) is 0 Å². The van der Waals surface area contributed by atoms with Crippen molar-refractivity contribution in [2.75, 3.05) is 18.0 Å². The molecule has 1 amide bonds. The maximum Gasteiger partial charge on any atom is 0.404 e. The summed E-state index contributed by atoms with van der Waals surface area (Å²) >= 11 is 6.02. The lowest BCUT2D eigenvalue weighted by molar-refractivity contribution is 0.0529. The molecule has 1 aromatic heterocycles. The Kier molecular flexibility index (Phi) is 3.76. The summed E-state index contributed by atoms with van der Waals surface area (Å²) in [5, 5.41) is 13.2. The summed E-state index contributed by atoms with van der Waals surface area (Å²) in [5.41, 5.74) is 1.29. The summed E-state index contributed by atoms with van der Waals surface area (Å²) in [5.74, 6) is 1.01. The normalized spacial score (nSPS) is 20.1. The van der Waals surface area contributed by atoms with E-state index in [0.29, 0.717) is 5.41 Å². The maximum atomic E-state index is 10.7. The van der Waals surface area contributed by atoms with Crippen LogP contribution in [0.25, 0.3) is 10.9 Å². The first-order chi connectivity index (χ1) is 11.5. The molecule has 0 radical (unpaired) electrons. The van der Waals surface area contributed by atoms with Gasteiger partial charge in [-0.3, -0.25) is 0 Å². The molecule has 1 aromatic carbocycles. The van der Waals surface area contributed by atoms with Crippen molar-refractivity contribution < 1.29 is 9.90 Å². The van der Waals surface area contributed by atoms with Crippen molar-refractivity contribution >= 4 is 34.4 Å². The van der Waals surface area contributed by atoms with Gasteiger partial charge in [0.15, 0.2) is 0 Å². The van der Waals surface area contributed by atoms with E-state index in [-0.39, 0.29) is 6.04 Å². The zero-order valence-corrected chi connectivity index (χ0v) is 14.1. The second-order valence-electron chi connectivity index (χ2n) is 7.05. The Morgan fingerprint density at radius 1 is 1.25 bits per heavy atom. The van der Waals surface area contributed by atoms with Crippen LogP contribution in [0.15, 0.2) is 30.3 Å². The first-order valence-corrected chi connectivity index (χ1v) is 8.72. The molecule has 6 heteroatoms. The van der Waals surface area contributed by atoms with Crippen molar-refractivity contribution in [3.05, 3.63) is 35.4 Å². The van der Waals surface area contributed by atoms with Crippen LogP contribution in [0, 0.1) is 5.41 Å². The minimum Gasteiger partial charge on any atom is -0.465 e. The van der Waals surface area contributed by atoms with Gasteiger partial charge in [-0.2, -0.15) is 0 Å². The molecule has 0 bridgehead atoms. The van der Waals surface area contributed by atoms with Crippen LogP contribution in [0.5, 0.6) is 0 Å². The number of hydrogen-bond acceptors (Lipinski definition) is 3. The highest BCUT2D eigenvalue weighted by Gasteiger charge is 2.46. The molecule has 126 valence electrons. The molecule has 1 spiro atoms. The Bertz CT molecular complexity index is 779. The lowest BCUT2D eigenvalue weighted by atomic mass is 9.60. The molecule has 24 heavy (non-hydrogen) atoms. The van der Waals surface area contributed by atoms with E-state index in [0.717, 1.165) is 60.5 Å². The monoisotopic (exact) mass is 345 g/mol. The second kappa shape index (κ2) is 5.81. The molecular formula is C18H20ClN3O2. The molecule has 1 aliphatic carbocycles. The van der Waals surface area contributed by atoms with Gasteiger partial charge in [0.2, 0.25) is 0 Å². The van der Waals surface area contributed by atoms with Crippen LogP contribution < -0.4 is 10.2 Å². The summed E-state index contributed by atoms with van der Waals surface area (Å²) in [6.45, 7) is 1.96. The highest BCUT2D eigenvalue weighted by molar-refractivity contribution is 6.31. The van der Waals surface area contributed by atoms with Crippen LogP contribution in [-0.4, -0.2) is 35.3 Å². The van der Waals surface area contributed by atoms with Gasteiger partial charge in [-0.1, -0.05) is 11.6 Å². The molecule has 2 fully saturated rings. The van der Waals surface area contributed by atoms with Gasteiger partial charge in [0.25, 0.3) is 0 Å². The number of fused-ring (bicyclic) bond motifs is 1. The minimum atomic E-state index is -0.909. The van der Waals surface area contributed by atoms with Crippen LogP contribution in [0.2, 0.25) is 5.02 Å². The minimum absolute atomic E-state index is 0.137. The first kappa shape index (κ1) is 15.5. The number of piperidine rings is 1. The van der Waals surface area contributed by atoms with Gasteiger partial charge in [-0.05, 0) is 61.4 Å². The Balaban J connectivity index is 1.41. The lowest BCUT2D eigenvalue weighted by Crippen LogP contribution is -2.54. The first-order valence-electron chi connectivity index (χ1n) is 8.34. The van der Waals surface area contributed by atoms with Gasteiger partial charge >= 0.3 is 6.09 Å². The van der Waals surface area contributed by atoms with E-state index < -0.39 is 6.09 Å². The van der Waals surface area contributed by atoms with Gasteiger partial charge in [0.1, 0.15) is 5.82 Å². The van der Waals surface area contributed by atoms with Gasteiger partial charge in [0, 0.05) is 29.5 Å². The van der Waals surface area contributed by atoms with Gasteiger partial charge < -0.3 is 15.3 Å². The molecule has 1 saturated carbocycles. The van der Waals surface area contributed by atoms with E-state index in [9.17, 15) is 4.79 Å². The highest BCUT2D eigenvalue weighted by atomic mass is 35.5. The van der Waals surface area contributed by atoms with Crippen molar-refractivity contribution in [2.24, 2.45) is 5.41 Å². The Hall–Kier alpha value is -2.01. The van der Waals surface area contributed by atoms with E-state index >= 15 is 0 Å². The van der Waals surface area contributed by atoms with Gasteiger partial charge in [-0.25, -0.2) is 9.78 Å². The number of anilines is 1. The third-order valence-electron chi connectivity index (χ3n) is 5.47. The fourth-order valence-electron chi connectivity index (χ4n) is 4.14. The number of halogens is 1. The van der Waals surface area contributed by atoms with Gasteiger partial charge in [0.05, 0.1) is 5.52 Å². The molecule has 1 saturated heterocycles. The third-order valence-corrected chi connectivity index (χ3v) is 5.71. The number of pyridine rings is 1. The SMILES string of the molecule is O=C(O)NC1CC2(CCN(c3ccc4cc(Cl)ccc4n3)CC2)C1. The smallest absolute Gasteiger partial charge is 0.404 e. The number of amides is 1. The molecule has 2 heterocycles. The molecule has 2 aromatic rings. The molecule has 5 nitrogen and oxygen atoms in total. The fourth-order valence-corrected chi connectivity index (χ4v) is 4.32. The van der Waals surface area contributed by atoms with Crippen LogP contribution >= 0.6 is 11.6 Å². The number of hydrogen-bond donors (Lipinski definition) is 2. The molecule has 1 aliphatic heterocycles. The third kappa shape index (κ3) is 2.88. The van der Waals surface area contributed by atoms with Crippen molar-refractivity contribution in [3.63, 3.8) is 0 Å². The van der Waals surface area contributed by atoms with E-state index in [4.69, 9.17) is 21.7 Å². The quantitative estimate of drug-likeness (QED) is 0.866. The van der Waals surface area contributed by atoms with E-state index in [2.05, 4.69) is 22.3 Å². The van der Waals surface area contributed by atoms with Crippen molar-refractivity contribution in [2.45, 2.75) is 31.7 Å². The number of aromatic nitrogens is 1. The average Bonchev–Trinajstić information content (AvgIpc) is 2.53. The predicted molar refractivity (Wildman–Crippen MR) is 94.8 cm³/mol. The predicted octanol–water partition coefficient (Wildman–Crippen LogP) is 3.90. The van der Waals surface area contributed by atoms with Gasteiger partial charge in [-0.15, -0.1) is 0 Å². The maximum absolute atomic E-state index is 10.7. The Morgan fingerprint density at radius 3 is 2.71 bits per heavy atom. The largest absolute Gasteiger partial charge is 0.465 e. The van der Waals surface area contributed by atoms with Crippen molar-refractivity contribution in [1.29, 1.82) is 0 Å². The number of carboxylic acid groups (broad SMARTS) is 1. The number of benzene rings is 1. The van der Waals surface area contributed by atoms with E-state index in [1.807, 2.05) is 18.2 Å². The van der Waals surface area contributed by atoms with Crippen molar-refractivity contribution in [1.82, 2.24) is 10.3 Å². The lowest BCUT2D eigenvalue weighted by Gasteiger charge is -2.52. The summed E-state index contributed by atoms with van der Waals surface area (Å²) in [4.78, 5) is 17.8. The van der Waals surface area contributed by atoms with Crippen LogP contribution in [0.3, 0.4) is 0 Å². The molecule has 0 atom stereocenters. The highest BCUT2D eigenvalue weighted by Crippen LogP contribution is 2.49. The average molecular weight is 346 g/mol. The summed E-state index contributed by atoms with van der Waals surface area (Å²) in [6.07, 6.45) is 3.23. The van der Waals surface area contributed by atoms with E-state index in [1.165, 1.54) is 0 Å². The zero-order valence-electron chi connectivity index (χ0n) is 13.3. The number of rotatable bonds is 2. The Morgan fingerprint density at radius 2 is 2.00 bits per heavy atom. The molecule has 4 rings (SSSR count). The molecule has 2 aliphatic rings.